The number of allylic oxidation sites excluding steroid dienone is 2. The summed E-state index contributed by atoms with van der Waals surface area (Å²) in [5, 5.41) is 10.0. The van der Waals surface area contributed by atoms with Crippen LogP contribution in [-0.4, -0.2) is 5.91 Å². The van der Waals surface area contributed by atoms with Crippen molar-refractivity contribution in [3.8, 4) is 0 Å². The largest absolute Gasteiger partial charge is 0.609 e. The van der Waals surface area contributed by atoms with Crippen molar-refractivity contribution in [3.05, 3.63) is 17.4 Å². The zero-order valence-electron chi connectivity index (χ0n) is 14.4. The molecular formula is C18H36N2O2. The lowest BCUT2D eigenvalue weighted by molar-refractivity contribution is -0.636. The first-order valence-electron chi connectivity index (χ1n) is 9.19. The zero-order chi connectivity index (χ0) is 16.3. The minimum absolute atomic E-state index is 0.160. The van der Waals surface area contributed by atoms with E-state index in [9.17, 15) is 10.0 Å². The maximum absolute atomic E-state index is 11.0. The van der Waals surface area contributed by atoms with Crippen LogP contribution in [0.15, 0.2) is 12.2 Å². The molecule has 0 heterocycles. The molecule has 1 amide bonds. The minimum atomic E-state index is -0.160. The molecule has 0 fully saturated rings. The van der Waals surface area contributed by atoms with Crippen LogP contribution in [0.2, 0.25) is 0 Å². The molecule has 0 saturated heterocycles. The van der Waals surface area contributed by atoms with Gasteiger partial charge in [-0.2, -0.15) is 0 Å². The highest BCUT2D eigenvalue weighted by atomic mass is 16.5. The number of amides is 1. The normalized spacial score (nSPS) is 11.2. The van der Waals surface area contributed by atoms with Crippen LogP contribution >= 0.6 is 0 Å². The Morgan fingerprint density at radius 2 is 1.36 bits per heavy atom. The minimum Gasteiger partial charge on any atom is -0.609 e. The molecule has 0 aromatic carbocycles. The van der Waals surface area contributed by atoms with Gasteiger partial charge in [0.25, 0.3) is 5.91 Å². The quantitative estimate of drug-likeness (QED) is 0.148. The maximum Gasteiger partial charge on any atom is 0.265 e. The van der Waals surface area contributed by atoms with Gasteiger partial charge in [-0.25, -0.2) is 5.43 Å². The van der Waals surface area contributed by atoms with Crippen molar-refractivity contribution in [1.29, 1.82) is 0 Å². The zero-order valence-corrected chi connectivity index (χ0v) is 14.4. The molecule has 0 saturated carbocycles. The van der Waals surface area contributed by atoms with E-state index in [-0.39, 0.29) is 5.91 Å². The molecule has 22 heavy (non-hydrogen) atoms. The molecule has 0 unspecified atom stereocenters. The standard InChI is InChI=1S/C18H36N2O2/c1-2-3-4-5-6-7-8-9-10-11-12-13-14-15-16-17-18(21)19-20-22/h9-10H,2-8,11-17,20H2,1H3,(H,19,21)/b10-9-. The van der Waals surface area contributed by atoms with Gasteiger partial charge in [-0.05, 0) is 32.1 Å². The van der Waals surface area contributed by atoms with Crippen LogP contribution in [0, 0.1) is 5.21 Å². The summed E-state index contributed by atoms with van der Waals surface area (Å²) in [7, 11) is 0. The average Bonchev–Trinajstić information content (AvgIpc) is 2.51. The Labute approximate surface area is 136 Å². The number of nitrogens with one attached hydrogen (secondary N) is 1. The summed E-state index contributed by atoms with van der Waals surface area (Å²) in [6.45, 7) is 2.26. The first-order chi connectivity index (χ1) is 10.8. The third kappa shape index (κ3) is 17.2. The summed E-state index contributed by atoms with van der Waals surface area (Å²) < 4.78 is 0. The second-order valence-corrected chi connectivity index (χ2v) is 6.02. The number of carbonyl (C=O) groups excluding carboxylic acids is 1. The lowest BCUT2D eigenvalue weighted by atomic mass is 10.1. The molecule has 4 nitrogen and oxygen atoms in total. The van der Waals surface area contributed by atoms with Crippen LogP contribution in [0.4, 0.5) is 0 Å². The fourth-order valence-electron chi connectivity index (χ4n) is 2.49. The molecule has 0 aliphatic rings. The Hall–Kier alpha value is -0.870. The van der Waals surface area contributed by atoms with E-state index in [0.29, 0.717) is 12.0 Å². The molecule has 0 rings (SSSR count). The Kier molecular flexibility index (Phi) is 17.5. The molecule has 130 valence electrons. The van der Waals surface area contributed by atoms with Crippen molar-refractivity contribution in [3.63, 3.8) is 0 Å². The summed E-state index contributed by atoms with van der Waals surface area (Å²) in [6, 6.07) is 0. The highest BCUT2D eigenvalue weighted by Crippen LogP contribution is 2.09. The van der Waals surface area contributed by atoms with Crippen molar-refractivity contribution in [2.75, 3.05) is 0 Å². The summed E-state index contributed by atoms with van der Waals surface area (Å²) in [6.07, 6.45) is 21.4. The Balaban J connectivity index is 3.12. The van der Waals surface area contributed by atoms with Gasteiger partial charge < -0.3 is 5.21 Å². The van der Waals surface area contributed by atoms with Gasteiger partial charge in [0.15, 0.2) is 0 Å². The van der Waals surface area contributed by atoms with E-state index in [0.717, 1.165) is 12.8 Å². The molecule has 0 aliphatic carbocycles. The molecular weight excluding hydrogens is 276 g/mol. The molecule has 0 spiro atoms. The van der Waals surface area contributed by atoms with Gasteiger partial charge in [-0.3, -0.25) is 10.4 Å². The summed E-state index contributed by atoms with van der Waals surface area (Å²) in [5.74, 6) is -0.160. The Morgan fingerprint density at radius 1 is 0.864 bits per heavy atom. The van der Waals surface area contributed by atoms with Crippen molar-refractivity contribution >= 4 is 5.91 Å². The molecule has 0 aliphatic heterocycles. The third-order valence-corrected chi connectivity index (χ3v) is 3.89. The van der Waals surface area contributed by atoms with Crippen LogP contribution in [0.25, 0.3) is 0 Å². The third-order valence-electron chi connectivity index (χ3n) is 3.89. The van der Waals surface area contributed by atoms with E-state index < -0.39 is 0 Å². The van der Waals surface area contributed by atoms with E-state index in [1.807, 2.05) is 0 Å². The summed E-state index contributed by atoms with van der Waals surface area (Å²) in [5.41, 5.74) is 2.62. The van der Waals surface area contributed by atoms with Gasteiger partial charge in [0.2, 0.25) is 0 Å². The fraction of sp³-hybridized carbons (Fsp3) is 0.833. The second-order valence-electron chi connectivity index (χ2n) is 6.02. The van der Waals surface area contributed by atoms with Gasteiger partial charge in [0.05, 0.1) is 0 Å². The van der Waals surface area contributed by atoms with Crippen LogP contribution < -0.4 is 11.0 Å². The van der Waals surface area contributed by atoms with Gasteiger partial charge in [0.1, 0.15) is 0 Å². The van der Waals surface area contributed by atoms with E-state index in [1.165, 1.54) is 70.6 Å². The maximum atomic E-state index is 11.0. The van der Waals surface area contributed by atoms with Gasteiger partial charge in [0, 0.05) is 6.42 Å². The van der Waals surface area contributed by atoms with Crippen LogP contribution in [-0.2, 0) is 4.79 Å². The first-order valence-corrected chi connectivity index (χ1v) is 9.19. The molecule has 0 atom stereocenters. The smallest absolute Gasteiger partial charge is 0.265 e. The molecule has 0 radical (unpaired) electrons. The molecule has 0 aromatic heterocycles. The number of hydrogen-bond acceptors (Lipinski definition) is 2. The number of unbranched alkanes of at least 4 members (excludes halogenated alkanes) is 11. The number of rotatable bonds is 16. The van der Waals surface area contributed by atoms with Crippen molar-refractivity contribution in [1.82, 2.24) is 5.43 Å². The highest BCUT2D eigenvalue weighted by molar-refractivity contribution is 5.74. The topological polar surface area (TPSA) is 68.8 Å². The van der Waals surface area contributed by atoms with E-state index in [4.69, 9.17) is 0 Å². The van der Waals surface area contributed by atoms with E-state index >= 15 is 0 Å². The lowest BCUT2D eigenvalue weighted by Gasteiger charge is -2.03. The van der Waals surface area contributed by atoms with Crippen LogP contribution in [0.5, 0.6) is 0 Å². The lowest BCUT2D eigenvalue weighted by Crippen LogP contribution is -2.88. The number of quaternary nitrogens is 1. The number of hydrogen-bond donors (Lipinski definition) is 2. The number of carbonyl (C=O) groups is 1. The van der Waals surface area contributed by atoms with E-state index in [1.54, 1.807) is 0 Å². The molecule has 3 N–H and O–H groups in total. The monoisotopic (exact) mass is 312 g/mol. The predicted molar refractivity (Wildman–Crippen MR) is 92.9 cm³/mol. The van der Waals surface area contributed by atoms with Crippen molar-refractivity contribution < 1.29 is 10.4 Å². The molecule has 0 bridgehead atoms. The Bertz CT molecular complexity index is 268. The molecule has 4 heteroatoms. The van der Waals surface area contributed by atoms with Crippen LogP contribution in [0.3, 0.4) is 0 Å². The summed E-state index contributed by atoms with van der Waals surface area (Å²) >= 11 is 0. The van der Waals surface area contributed by atoms with Crippen molar-refractivity contribution in [2.45, 2.75) is 96.8 Å². The Morgan fingerprint density at radius 3 is 1.91 bits per heavy atom. The SMILES string of the molecule is CCCCCCCC/C=C\CCCCCCCC(=O)N[NH2+][O-]. The van der Waals surface area contributed by atoms with Crippen LogP contribution in [0.1, 0.15) is 96.8 Å². The fourth-order valence-corrected chi connectivity index (χ4v) is 2.49. The van der Waals surface area contributed by atoms with Gasteiger partial charge in [-0.1, -0.05) is 70.4 Å². The summed E-state index contributed by atoms with van der Waals surface area (Å²) in [4.78, 5) is 11.0. The molecule has 0 aromatic rings. The van der Waals surface area contributed by atoms with Gasteiger partial charge in [-0.15, -0.1) is 0 Å². The predicted octanol–water partition coefficient (Wildman–Crippen LogP) is 4.12. The highest BCUT2D eigenvalue weighted by Gasteiger charge is 1.99. The van der Waals surface area contributed by atoms with Gasteiger partial charge >= 0.3 is 0 Å². The van der Waals surface area contributed by atoms with Crippen molar-refractivity contribution in [2.24, 2.45) is 0 Å². The number of nitrogens with two attached hydrogens (primary N) is 1. The van der Waals surface area contributed by atoms with E-state index in [2.05, 4.69) is 24.5 Å². The second kappa shape index (κ2) is 18.2. The first kappa shape index (κ1) is 21.1. The average molecular weight is 312 g/mol.